The summed E-state index contributed by atoms with van der Waals surface area (Å²) >= 11 is 0. The molecule has 2 aromatic heterocycles. The average Bonchev–Trinajstić information content (AvgIpc) is 3.61. The number of anilines is 1. The number of carbonyl (C=O) groups excluding carboxylic acids is 2. The number of esters is 1. The van der Waals surface area contributed by atoms with Crippen molar-refractivity contribution in [2.75, 3.05) is 37.7 Å². The van der Waals surface area contributed by atoms with Crippen LogP contribution in [0.3, 0.4) is 0 Å². The summed E-state index contributed by atoms with van der Waals surface area (Å²) in [6.07, 6.45) is 4.46. The van der Waals surface area contributed by atoms with Crippen LogP contribution in [0.1, 0.15) is 94.6 Å². The zero-order chi connectivity index (χ0) is 28.7. The van der Waals surface area contributed by atoms with Gasteiger partial charge >= 0.3 is 12.1 Å². The largest absolute Gasteiger partial charge is 0.462 e. The summed E-state index contributed by atoms with van der Waals surface area (Å²) in [5.41, 5.74) is 1.50. The highest BCUT2D eigenvalue weighted by Gasteiger charge is 2.37. The topological polar surface area (TPSA) is 80.6 Å². The Kier molecular flexibility index (Phi) is 8.01. The molecule has 4 rings (SSSR count). The van der Waals surface area contributed by atoms with E-state index in [1.54, 1.807) is 17.9 Å². The number of aromatic nitrogens is 1. The predicted octanol–water partition coefficient (Wildman–Crippen LogP) is 5.66. The summed E-state index contributed by atoms with van der Waals surface area (Å²) < 4.78 is 27.7. The highest BCUT2D eigenvalue weighted by Crippen LogP contribution is 2.45. The highest BCUT2D eigenvalue weighted by atomic mass is 19.1. The monoisotopic (exact) mass is 543 g/mol. The summed E-state index contributed by atoms with van der Waals surface area (Å²) in [6, 6.07) is 1.66. The molecule has 9 heteroatoms. The van der Waals surface area contributed by atoms with E-state index in [4.69, 9.17) is 9.47 Å². The van der Waals surface area contributed by atoms with E-state index in [1.807, 2.05) is 34.6 Å². The minimum Gasteiger partial charge on any atom is -0.462 e. The molecular formula is C30H42FN3O5. The summed E-state index contributed by atoms with van der Waals surface area (Å²) in [5.74, 6) is -0.927. The maximum absolute atomic E-state index is 15.7. The van der Waals surface area contributed by atoms with Gasteiger partial charge in [-0.25, -0.2) is 14.0 Å². The normalized spacial score (nSPS) is 19.4. The third-order valence-corrected chi connectivity index (χ3v) is 7.85. The molecule has 2 fully saturated rings. The number of pyridine rings is 2. The Morgan fingerprint density at radius 2 is 1.92 bits per heavy atom. The number of fused-ring (bicyclic) bond motifs is 1. The summed E-state index contributed by atoms with van der Waals surface area (Å²) in [5, 5.41) is 0. The number of ether oxygens (including phenoxy) is 2. The Hall–Kier alpha value is -3.10. The molecule has 0 radical (unpaired) electrons. The van der Waals surface area contributed by atoms with Crippen LogP contribution < -0.4 is 10.5 Å². The fourth-order valence-corrected chi connectivity index (χ4v) is 5.62. The van der Waals surface area contributed by atoms with E-state index in [2.05, 4.69) is 11.8 Å². The first-order valence-corrected chi connectivity index (χ1v) is 14.1. The molecule has 0 N–H and O–H groups in total. The first-order chi connectivity index (χ1) is 18.3. The van der Waals surface area contributed by atoms with Gasteiger partial charge in [-0.15, -0.1) is 0 Å². The van der Waals surface area contributed by atoms with Crippen LogP contribution in [0, 0.1) is 18.2 Å². The number of halogens is 1. The standard InChI is InChI=1S/C30H42FN3O5/c1-8-32(28(37)39-29(4,5)6)14-12-30(7)13-15-33(18-30)25-19(3)24-21(20-10-11-20)16-22(27(36)38-9-2)26(35)34(24)17-23(25)31/h16-17,20H,8-15,18H2,1-7H3. The third kappa shape index (κ3) is 6.07. The van der Waals surface area contributed by atoms with Gasteiger partial charge in [0.1, 0.15) is 11.2 Å². The van der Waals surface area contributed by atoms with Gasteiger partial charge in [0.05, 0.1) is 24.0 Å². The molecule has 8 nitrogen and oxygen atoms in total. The van der Waals surface area contributed by atoms with Gasteiger partial charge in [0.2, 0.25) is 0 Å². The highest BCUT2D eigenvalue weighted by molar-refractivity contribution is 5.90. The number of aryl methyl sites for hydroxylation is 1. The van der Waals surface area contributed by atoms with Crippen LogP contribution in [0.4, 0.5) is 14.9 Å². The SMILES string of the molecule is CCOC(=O)c1cc(C2CC2)c2c(C)c(N3CCC(C)(CCN(CC)C(=O)OC(C)(C)C)C3)c(F)cn2c1=O. The second-order valence-corrected chi connectivity index (χ2v) is 12.3. The molecule has 1 saturated heterocycles. The zero-order valence-corrected chi connectivity index (χ0v) is 24.4. The fraction of sp³-hybridized carbons (Fsp3) is 0.633. The minimum atomic E-state index is -0.677. The van der Waals surface area contributed by atoms with Gasteiger partial charge in [-0.2, -0.15) is 0 Å². The Balaban J connectivity index is 1.62. The molecule has 1 saturated carbocycles. The van der Waals surface area contributed by atoms with Crippen molar-refractivity contribution in [1.29, 1.82) is 0 Å². The quantitative estimate of drug-likeness (QED) is 0.400. The fourth-order valence-electron chi connectivity index (χ4n) is 5.62. The zero-order valence-electron chi connectivity index (χ0n) is 24.4. The van der Waals surface area contributed by atoms with Crippen LogP contribution >= 0.6 is 0 Å². The van der Waals surface area contributed by atoms with Gasteiger partial charge in [-0.1, -0.05) is 6.92 Å². The Morgan fingerprint density at radius 1 is 1.23 bits per heavy atom. The van der Waals surface area contributed by atoms with Crippen LogP contribution in [-0.4, -0.2) is 59.8 Å². The van der Waals surface area contributed by atoms with Crippen LogP contribution in [-0.2, 0) is 9.47 Å². The van der Waals surface area contributed by atoms with Crippen LogP contribution in [0.2, 0.25) is 0 Å². The van der Waals surface area contributed by atoms with Crippen molar-refractivity contribution in [3.8, 4) is 0 Å². The van der Waals surface area contributed by atoms with E-state index in [1.165, 1.54) is 10.6 Å². The number of hydrogen-bond donors (Lipinski definition) is 0. The van der Waals surface area contributed by atoms with Crippen LogP contribution in [0.5, 0.6) is 0 Å². The summed E-state index contributed by atoms with van der Waals surface area (Å²) in [6.45, 7) is 15.8. The average molecular weight is 544 g/mol. The van der Waals surface area contributed by atoms with Crippen molar-refractivity contribution in [3.05, 3.63) is 45.1 Å². The Bertz CT molecular complexity index is 1330. The van der Waals surface area contributed by atoms with Crippen molar-refractivity contribution >= 4 is 23.3 Å². The summed E-state index contributed by atoms with van der Waals surface area (Å²) in [7, 11) is 0. The summed E-state index contributed by atoms with van der Waals surface area (Å²) in [4.78, 5) is 42.1. The molecule has 1 atom stereocenters. The molecule has 1 unspecified atom stereocenters. The second kappa shape index (κ2) is 10.8. The minimum absolute atomic E-state index is 0.0537. The molecule has 1 aliphatic heterocycles. The smallest absolute Gasteiger partial charge is 0.410 e. The lowest BCUT2D eigenvalue weighted by atomic mass is 9.86. The van der Waals surface area contributed by atoms with Gasteiger partial charge in [0.25, 0.3) is 5.56 Å². The van der Waals surface area contributed by atoms with Crippen molar-refractivity contribution in [2.24, 2.45) is 5.41 Å². The molecule has 39 heavy (non-hydrogen) atoms. The van der Waals surface area contributed by atoms with Crippen molar-refractivity contribution in [1.82, 2.24) is 9.30 Å². The third-order valence-electron chi connectivity index (χ3n) is 7.85. The number of nitrogens with zero attached hydrogens (tertiary/aromatic N) is 3. The second-order valence-electron chi connectivity index (χ2n) is 12.3. The lowest BCUT2D eigenvalue weighted by Crippen LogP contribution is -2.39. The molecule has 1 aliphatic carbocycles. The van der Waals surface area contributed by atoms with E-state index in [-0.39, 0.29) is 29.6 Å². The first kappa shape index (κ1) is 28.9. The maximum Gasteiger partial charge on any atom is 0.410 e. The van der Waals surface area contributed by atoms with Gasteiger partial charge < -0.3 is 19.3 Å². The molecule has 1 amide bonds. The van der Waals surface area contributed by atoms with E-state index < -0.39 is 22.9 Å². The van der Waals surface area contributed by atoms with Crippen molar-refractivity contribution in [3.63, 3.8) is 0 Å². The Morgan fingerprint density at radius 3 is 2.51 bits per heavy atom. The number of rotatable bonds is 8. The van der Waals surface area contributed by atoms with E-state index >= 15 is 4.39 Å². The number of carbonyl (C=O) groups is 2. The lowest BCUT2D eigenvalue weighted by molar-refractivity contribution is 0.0240. The van der Waals surface area contributed by atoms with Gasteiger partial charge in [0.15, 0.2) is 5.82 Å². The number of amides is 1. The van der Waals surface area contributed by atoms with Gasteiger partial charge in [-0.05, 0) is 95.8 Å². The first-order valence-electron chi connectivity index (χ1n) is 14.1. The van der Waals surface area contributed by atoms with Crippen molar-refractivity contribution in [2.45, 2.75) is 85.7 Å². The molecular weight excluding hydrogens is 501 g/mol. The number of hydrogen-bond acceptors (Lipinski definition) is 6. The Labute approximate surface area is 230 Å². The van der Waals surface area contributed by atoms with E-state index in [0.29, 0.717) is 42.9 Å². The molecule has 2 aromatic rings. The van der Waals surface area contributed by atoms with E-state index in [9.17, 15) is 14.4 Å². The molecule has 214 valence electrons. The lowest BCUT2D eigenvalue weighted by Gasteiger charge is -2.31. The molecule has 0 aromatic carbocycles. The van der Waals surface area contributed by atoms with Crippen LogP contribution in [0.15, 0.2) is 17.1 Å². The predicted molar refractivity (Wildman–Crippen MR) is 149 cm³/mol. The maximum atomic E-state index is 15.7. The van der Waals surface area contributed by atoms with Gasteiger partial charge in [0, 0.05) is 26.2 Å². The molecule has 3 heterocycles. The van der Waals surface area contributed by atoms with E-state index in [0.717, 1.165) is 31.2 Å². The molecule has 0 spiro atoms. The van der Waals surface area contributed by atoms with Crippen LogP contribution in [0.25, 0.3) is 5.52 Å². The molecule has 0 bridgehead atoms. The molecule has 2 aliphatic rings. The van der Waals surface area contributed by atoms with Gasteiger partial charge in [-0.3, -0.25) is 9.20 Å². The van der Waals surface area contributed by atoms with Crippen molar-refractivity contribution < 1.29 is 23.5 Å².